The normalized spacial score (nSPS) is 11.1. The molecule has 26 heavy (non-hydrogen) atoms. The highest BCUT2D eigenvalue weighted by Crippen LogP contribution is 2.38. The van der Waals surface area contributed by atoms with Crippen molar-refractivity contribution < 1.29 is 36.8 Å². The summed E-state index contributed by atoms with van der Waals surface area (Å²) in [6.45, 7) is 0. The van der Waals surface area contributed by atoms with Crippen LogP contribution in [0.2, 0.25) is 0 Å². The first-order valence-electron chi connectivity index (χ1n) is 6.75. The molecule has 7 nitrogen and oxygen atoms in total. The first-order valence-corrected chi connectivity index (χ1v) is 6.75. The molecule has 0 radical (unpaired) electrons. The highest BCUT2D eigenvalue weighted by molar-refractivity contribution is 5.94. The molecule has 138 valence electrons. The second-order valence-electron chi connectivity index (χ2n) is 4.90. The molecule has 0 aliphatic carbocycles. The first kappa shape index (κ1) is 19.0. The maximum atomic E-state index is 14.0. The molecule has 2 aromatic rings. The summed E-state index contributed by atoms with van der Waals surface area (Å²) in [7, 11) is 0.993. The van der Waals surface area contributed by atoms with Crippen LogP contribution < -0.4 is 10.5 Å². The second kappa shape index (κ2) is 6.86. The van der Waals surface area contributed by atoms with Gasteiger partial charge in [0.15, 0.2) is 11.6 Å². The number of nitro benzene ring substituents is 1. The first-order chi connectivity index (χ1) is 12.0. The number of carbonyl (C=O) groups excluding carboxylic acids is 1. The van der Waals surface area contributed by atoms with Crippen molar-refractivity contribution in [2.24, 2.45) is 0 Å². The number of rotatable bonds is 4. The maximum Gasteiger partial charge on any atom is 0.416 e. The summed E-state index contributed by atoms with van der Waals surface area (Å²) >= 11 is 0. The number of nitrogen functional groups attached to an aromatic ring is 1. The van der Waals surface area contributed by atoms with Gasteiger partial charge in [0.05, 0.1) is 23.3 Å². The lowest BCUT2D eigenvalue weighted by Crippen LogP contribution is -2.08. The van der Waals surface area contributed by atoms with Crippen LogP contribution in [0.1, 0.15) is 15.9 Å². The van der Waals surface area contributed by atoms with Crippen LogP contribution in [0.3, 0.4) is 0 Å². The standard InChI is InChI=1S/C15H10F4N2O5/c1-25-14(22)9-6-8(2-3-12(9)21(23)24)26-13-10(16)4-7(5-11(13)20)15(17,18)19/h2-6H,20H2,1H3. The van der Waals surface area contributed by atoms with Crippen LogP contribution in [0.4, 0.5) is 28.9 Å². The minimum absolute atomic E-state index is 0.193. The van der Waals surface area contributed by atoms with Crippen molar-refractivity contribution in [3.63, 3.8) is 0 Å². The molecular formula is C15H10F4N2O5. The number of anilines is 1. The Morgan fingerprint density at radius 2 is 1.88 bits per heavy atom. The van der Waals surface area contributed by atoms with Gasteiger partial charge in [-0.1, -0.05) is 0 Å². The average Bonchev–Trinajstić information content (AvgIpc) is 2.56. The number of benzene rings is 2. The molecule has 0 bridgehead atoms. The van der Waals surface area contributed by atoms with Crippen molar-refractivity contribution in [2.45, 2.75) is 6.18 Å². The number of hydrogen-bond donors (Lipinski definition) is 1. The third-order valence-electron chi connectivity index (χ3n) is 3.19. The number of nitrogens with zero attached hydrogens (tertiary/aromatic N) is 1. The van der Waals surface area contributed by atoms with Gasteiger partial charge in [-0.3, -0.25) is 10.1 Å². The number of hydrogen-bond acceptors (Lipinski definition) is 6. The number of nitro groups is 1. The van der Waals surface area contributed by atoms with Gasteiger partial charge in [0.1, 0.15) is 11.3 Å². The lowest BCUT2D eigenvalue weighted by molar-refractivity contribution is -0.385. The van der Waals surface area contributed by atoms with E-state index in [0.29, 0.717) is 6.07 Å². The summed E-state index contributed by atoms with van der Waals surface area (Å²) in [4.78, 5) is 21.7. The van der Waals surface area contributed by atoms with Gasteiger partial charge in [0.25, 0.3) is 5.69 Å². The largest absolute Gasteiger partial charge is 0.465 e. The van der Waals surface area contributed by atoms with E-state index < -0.39 is 51.1 Å². The topological polar surface area (TPSA) is 105 Å². The molecular weight excluding hydrogens is 364 g/mol. The molecule has 0 saturated heterocycles. The second-order valence-corrected chi connectivity index (χ2v) is 4.90. The van der Waals surface area contributed by atoms with Gasteiger partial charge >= 0.3 is 12.1 Å². The Kier molecular flexibility index (Phi) is 5.00. The Balaban J connectivity index is 2.46. The number of methoxy groups -OCH3 is 1. The number of alkyl halides is 3. The van der Waals surface area contributed by atoms with E-state index in [1.807, 2.05) is 0 Å². The predicted molar refractivity (Wildman–Crippen MR) is 80.3 cm³/mol. The van der Waals surface area contributed by atoms with Crippen molar-refractivity contribution in [3.8, 4) is 11.5 Å². The molecule has 2 rings (SSSR count). The number of carbonyl (C=O) groups is 1. The fraction of sp³-hybridized carbons (Fsp3) is 0.133. The fourth-order valence-electron chi connectivity index (χ4n) is 2.02. The van der Waals surface area contributed by atoms with E-state index >= 15 is 0 Å². The third-order valence-corrected chi connectivity index (χ3v) is 3.19. The van der Waals surface area contributed by atoms with Crippen LogP contribution in [0.5, 0.6) is 11.5 Å². The van der Waals surface area contributed by atoms with Crippen LogP contribution >= 0.6 is 0 Å². The Bertz CT molecular complexity index is 860. The monoisotopic (exact) mass is 374 g/mol. The van der Waals surface area contributed by atoms with Crippen molar-refractivity contribution in [1.29, 1.82) is 0 Å². The molecule has 11 heteroatoms. The van der Waals surface area contributed by atoms with Gasteiger partial charge in [-0.05, 0) is 18.2 Å². The molecule has 0 aliphatic heterocycles. The van der Waals surface area contributed by atoms with Gasteiger partial charge in [-0.15, -0.1) is 0 Å². The smallest absolute Gasteiger partial charge is 0.416 e. The van der Waals surface area contributed by atoms with Crippen LogP contribution in [-0.4, -0.2) is 18.0 Å². The molecule has 2 N–H and O–H groups in total. The Hall–Kier alpha value is -3.37. The van der Waals surface area contributed by atoms with E-state index in [-0.39, 0.29) is 11.8 Å². The summed E-state index contributed by atoms with van der Waals surface area (Å²) in [5.74, 6) is -3.43. The van der Waals surface area contributed by atoms with Crippen molar-refractivity contribution in [3.05, 3.63) is 57.4 Å². The van der Waals surface area contributed by atoms with E-state index in [0.717, 1.165) is 25.3 Å². The van der Waals surface area contributed by atoms with Gasteiger partial charge in [0.2, 0.25) is 0 Å². The minimum Gasteiger partial charge on any atom is -0.465 e. The maximum absolute atomic E-state index is 14.0. The molecule has 0 amide bonds. The van der Waals surface area contributed by atoms with Gasteiger partial charge in [-0.2, -0.15) is 13.2 Å². The van der Waals surface area contributed by atoms with Crippen LogP contribution in [0.25, 0.3) is 0 Å². The summed E-state index contributed by atoms with van der Waals surface area (Å²) in [6, 6.07) is 3.49. The van der Waals surface area contributed by atoms with Gasteiger partial charge in [-0.25, -0.2) is 9.18 Å². The SMILES string of the molecule is COC(=O)c1cc(Oc2c(N)cc(C(F)(F)F)cc2F)ccc1[N+](=O)[O-]. The molecule has 0 atom stereocenters. The lowest BCUT2D eigenvalue weighted by atomic mass is 10.1. The third kappa shape index (κ3) is 3.82. The van der Waals surface area contributed by atoms with E-state index in [1.54, 1.807) is 0 Å². The molecule has 0 fully saturated rings. The van der Waals surface area contributed by atoms with Crippen molar-refractivity contribution >= 4 is 17.3 Å². The van der Waals surface area contributed by atoms with Crippen molar-refractivity contribution in [2.75, 3.05) is 12.8 Å². The fourth-order valence-corrected chi connectivity index (χ4v) is 2.02. The predicted octanol–water partition coefficient (Wildman–Crippen LogP) is 3.91. The van der Waals surface area contributed by atoms with Crippen LogP contribution in [0.15, 0.2) is 30.3 Å². The van der Waals surface area contributed by atoms with E-state index in [9.17, 15) is 32.5 Å². The van der Waals surface area contributed by atoms with Gasteiger partial charge < -0.3 is 15.2 Å². The zero-order chi connectivity index (χ0) is 19.6. The average molecular weight is 374 g/mol. The quantitative estimate of drug-likeness (QED) is 0.286. The number of nitrogens with two attached hydrogens (primary N) is 1. The molecule has 0 spiro atoms. The number of ether oxygens (including phenoxy) is 2. The Labute approximate surface area is 143 Å². The Morgan fingerprint density at radius 1 is 1.23 bits per heavy atom. The molecule has 0 heterocycles. The summed E-state index contributed by atoms with van der Waals surface area (Å²) in [6.07, 6.45) is -4.81. The number of esters is 1. The lowest BCUT2D eigenvalue weighted by Gasteiger charge is -2.13. The molecule has 0 saturated carbocycles. The zero-order valence-corrected chi connectivity index (χ0v) is 13.0. The summed E-state index contributed by atoms with van der Waals surface area (Å²) in [5, 5.41) is 10.9. The van der Waals surface area contributed by atoms with Crippen LogP contribution in [-0.2, 0) is 10.9 Å². The summed E-state index contributed by atoms with van der Waals surface area (Å²) < 4.78 is 61.3. The minimum atomic E-state index is -4.81. The highest BCUT2D eigenvalue weighted by Gasteiger charge is 2.32. The van der Waals surface area contributed by atoms with E-state index in [4.69, 9.17) is 10.5 Å². The molecule has 0 aromatic heterocycles. The van der Waals surface area contributed by atoms with E-state index in [2.05, 4.69) is 4.74 Å². The highest BCUT2D eigenvalue weighted by atomic mass is 19.4. The Morgan fingerprint density at radius 3 is 2.38 bits per heavy atom. The van der Waals surface area contributed by atoms with E-state index in [1.165, 1.54) is 0 Å². The summed E-state index contributed by atoms with van der Waals surface area (Å²) in [5.41, 5.74) is 2.38. The molecule has 2 aromatic carbocycles. The molecule has 0 aliphatic rings. The molecule has 0 unspecified atom stereocenters. The zero-order valence-electron chi connectivity index (χ0n) is 13.0. The number of halogens is 4. The van der Waals surface area contributed by atoms with Crippen LogP contribution in [0, 0.1) is 15.9 Å². The van der Waals surface area contributed by atoms with Crippen molar-refractivity contribution in [1.82, 2.24) is 0 Å². The van der Waals surface area contributed by atoms with Gasteiger partial charge in [0, 0.05) is 12.1 Å².